The predicted molar refractivity (Wildman–Crippen MR) is 263 cm³/mol. The molecule has 63 heavy (non-hydrogen) atoms. The molecule has 308 valence electrons. The number of aryl methyl sites for hydroxylation is 4. The van der Waals surface area contributed by atoms with Crippen LogP contribution in [0.2, 0.25) is 0 Å². The number of ether oxygens (including phenoxy) is 2. The van der Waals surface area contributed by atoms with Gasteiger partial charge < -0.3 is 19.3 Å². The average Bonchev–Trinajstić information content (AvgIpc) is 3.27. The van der Waals surface area contributed by atoms with Gasteiger partial charge >= 0.3 is 0 Å². The van der Waals surface area contributed by atoms with Crippen molar-refractivity contribution in [3.8, 4) is 23.0 Å². The van der Waals surface area contributed by atoms with E-state index in [4.69, 9.17) is 9.47 Å². The molecule has 0 bridgehead atoms. The monoisotopic (exact) mass is 834 g/mol. The van der Waals surface area contributed by atoms with Crippen molar-refractivity contribution in [1.82, 2.24) is 0 Å². The number of nitrogens with zero attached hydrogens (tertiary/aromatic N) is 2. The number of rotatable bonds is 3. The van der Waals surface area contributed by atoms with Crippen molar-refractivity contribution in [2.75, 3.05) is 9.80 Å². The summed E-state index contributed by atoms with van der Waals surface area (Å²) >= 11 is 0. The van der Waals surface area contributed by atoms with E-state index in [-0.39, 0.29) is 10.8 Å². The molecule has 0 amide bonds. The van der Waals surface area contributed by atoms with Crippen LogP contribution in [0.4, 0.5) is 34.1 Å². The van der Waals surface area contributed by atoms with Gasteiger partial charge in [0.1, 0.15) is 23.0 Å². The fourth-order valence-corrected chi connectivity index (χ4v) is 16.5. The Balaban J connectivity index is 1.08. The minimum Gasteiger partial charge on any atom is -0.457 e. The van der Waals surface area contributed by atoms with Crippen LogP contribution in [0.5, 0.6) is 23.0 Å². The summed E-state index contributed by atoms with van der Waals surface area (Å²) in [4.78, 5) is 4.90. The van der Waals surface area contributed by atoms with Gasteiger partial charge in [0.25, 0.3) is 0 Å². The van der Waals surface area contributed by atoms with E-state index in [1.54, 1.807) is 0 Å². The van der Waals surface area contributed by atoms with E-state index in [0.717, 1.165) is 34.4 Å². The Kier molecular flexibility index (Phi) is 7.88. The van der Waals surface area contributed by atoms with E-state index < -0.39 is 8.07 Å². The van der Waals surface area contributed by atoms with Crippen LogP contribution in [0, 0.1) is 27.7 Å². The van der Waals surface area contributed by atoms with Crippen molar-refractivity contribution in [3.05, 3.63) is 202 Å². The quantitative estimate of drug-likeness (QED) is 0.166. The third kappa shape index (κ3) is 5.20. The van der Waals surface area contributed by atoms with Crippen LogP contribution in [-0.4, -0.2) is 8.07 Å². The standard InChI is InChI=1S/C58H50N2O2Si/c1-35-17-23-46-42(29-35)57(5,6)43-30-36(2)18-24-47(43)59(46)39-21-27-54-52(33-39)61-50-15-12-16-51-56(50)63(54,41-13-10-9-11-14-41)55-28-22-40(34-53(55)62-51)60-48-25-19-37(3)31-44(48)58(7,8)45-32-38(4)20-26-49(45)60/h9-34H,1-8H3. The summed E-state index contributed by atoms with van der Waals surface area (Å²) in [7, 11) is -3.05. The lowest BCUT2D eigenvalue weighted by atomic mass is 9.72. The van der Waals surface area contributed by atoms with Gasteiger partial charge in [-0.2, -0.15) is 0 Å². The Labute approximate surface area is 372 Å². The van der Waals surface area contributed by atoms with Crippen LogP contribution in [0.1, 0.15) is 72.2 Å². The Morgan fingerprint density at radius 1 is 0.381 bits per heavy atom. The lowest BCUT2D eigenvalue weighted by Crippen LogP contribution is -2.77. The molecule has 0 radical (unpaired) electrons. The van der Waals surface area contributed by atoms with Gasteiger partial charge in [-0.05, 0) is 114 Å². The number of hydrogen-bond acceptors (Lipinski definition) is 4. The van der Waals surface area contributed by atoms with E-state index in [0.29, 0.717) is 0 Å². The van der Waals surface area contributed by atoms with Crippen molar-refractivity contribution in [1.29, 1.82) is 0 Å². The second-order valence-corrected chi connectivity index (χ2v) is 23.0. The number of hydrogen-bond donors (Lipinski definition) is 0. The molecule has 0 N–H and O–H groups in total. The molecular weight excluding hydrogens is 785 g/mol. The van der Waals surface area contributed by atoms with Crippen LogP contribution < -0.4 is 40.0 Å². The van der Waals surface area contributed by atoms with Crippen molar-refractivity contribution in [2.24, 2.45) is 0 Å². The first kappa shape index (κ1) is 37.9. The van der Waals surface area contributed by atoms with Gasteiger partial charge in [0, 0.05) is 39.5 Å². The van der Waals surface area contributed by atoms with E-state index in [1.807, 2.05) is 0 Å². The van der Waals surface area contributed by atoms with E-state index >= 15 is 0 Å². The molecule has 8 aromatic rings. The van der Waals surface area contributed by atoms with E-state index in [1.165, 1.54) is 88.0 Å². The molecule has 4 aliphatic heterocycles. The molecular formula is C58H50N2O2Si. The zero-order chi connectivity index (χ0) is 43.2. The van der Waals surface area contributed by atoms with E-state index in [9.17, 15) is 0 Å². The van der Waals surface area contributed by atoms with Crippen LogP contribution >= 0.6 is 0 Å². The Morgan fingerprint density at radius 2 is 0.762 bits per heavy atom. The molecule has 0 aliphatic carbocycles. The smallest absolute Gasteiger partial charge is 0.197 e. The Morgan fingerprint density at radius 3 is 1.14 bits per heavy atom. The Hall–Kier alpha value is -6.82. The molecule has 0 saturated heterocycles. The van der Waals surface area contributed by atoms with Crippen LogP contribution in [0.25, 0.3) is 0 Å². The first-order chi connectivity index (χ1) is 30.3. The van der Waals surface area contributed by atoms with Gasteiger partial charge in [-0.15, -0.1) is 0 Å². The van der Waals surface area contributed by atoms with Gasteiger partial charge in [-0.3, -0.25) is 0 Å². The summed E-state index contributed by atoms with van der Waals surface area (Å²) in [5, 5.41) is 4.92. The maximum atomic E-state index is 7.13. The maximum absolute atomic E-state index is 7.13. The molecule has 12 rings (SSSR count). The minimum atomic E-state index is -3.05. The zero-order valence-corrected chi connectivity index (χ0v) is 38.2. The molecule has 0 spiro atoms. The van der Waals surface area contributed by atoms with Crippen molar-refractivity contribution < 1.29 is 9.47 Å². The largest absolute Gasteiger partial charge is 0.457 e. The van der Waals surface area contributed by atoms with Crippen molar-refractivity contribution in [2.45, 2.75) is 66.2 Å². The highest BCUT2D eigenvalue weighted by Crippen LogP contribution is 2.55. The van der Waals surface area contributed by atoms with Gasteiger partial charge in [0.15, 0.2) is 8.07 Å². The van der Waals surface area contributed by atoms with Crippen LogP contribution in [-0.2, 0) is 10.8 Å². The third-order valence-electron chi connectivity index (χ3n) is 14.5. The molecule has 8 aromatic carbocycles. The first-order valence-electron chi connectivity index (χ1n) is 22.2. The molecule has 0 aromatic heterocycles. The fraction of sp³-hybridized carbons (Fsp3) is 0.172. The number of benzene rings is 8. The second-order valence-electron chi connectivity index (χ2n) is 19.3. The average molecular weight is 835 g/mol. The van der Waals surface area contributed by atoms with Gasteiger partial charge in [-0.25, -0.2) is 0 Å². The highest BCUT2D eigenvalue weighted by Gasteiger charge is 2.54. The summed E-state index contributed by atoms with van der Waals surface area (Å²) in [6.45, 7) is 18.2. The summed E-state index contributed by atoms with van der Waals surface area (Å²) in [5.74, 6) is 3.51. The lowest BCUT2D eigenvalue weighted by molar-refractivity contribution is 0.464. The summed E-state index contributed by atoms with van der Waals surface area (Å²) in [6.07, 6.45) is 0. The molecule has 4 nitrogen and oxygen atoms in total. The SMILES string of the molecule is Cc1ccc2c(c1)C(C)(C)c1cc(C)ccc1N2c1ccc2c(c1)Oc1cccc3c1[Si]2(c1ccccc1)c1ccc(N2c4ccc(C)cc4C(C)(C)c4cc(C)ccc42)cc1O3. The summed E-state index contributed by atoms with van der Waals surface area (Å²) in [6, 6.07) is 59.1. The predicted octanol–water partition coefficient (Wildman–Crippen LogP) is 12.7. The molecule has 5 heteroatoms. The lowest BCUT2D eigenvalue weighted by Gasteiger charge is -2.45. The van der Waals surface area contributed by atoms with Crippen LogP contribution in [0.3, 0.4) is 0 Å². The third-order valence-corrected chi connectivity index (χ3v) is 19.4. The number of fused-ring (bicyclic) bond motifs is 8. The topological polar surface area (TPSA) is 24.9 Å². The molecule has 0 fully saturated rings. The van der Waals surface area contributed by atoms with Crippen molar-refractivity contribution >= 4 is 62.9 Å². The zero-order valence-electron chi connectivity index (χ0n) is 37.2. The molecule has 4 aliphatic rings. The fourth-order valence-electron chi connectivity index (χ4n) is 11.4. The minimum absolute atomic E-state index is 0.166. The highest BCUT2D eigenvalue weighted by molar-refractivity contribution is 7.21. The van der Waals surface area contributed by atoms with Crippen LogP contribution in [0.15, 0.2) is 158 Å². The van der Waals surface area contributed by atoms with Gasteiger partial charge in [-0.1, -0.05) is 147 Å². The second kappa shape index (κ2) is 13.1. The van der Waals surface area contributed by atoms with E-state index in [2.05, 4.69) is 223 Å². The molecule has 4 heterocycles. The maximum Gasteiger partial charge on any atom is 0.197 e. The van der Waals surface area contributed by atoms with Crippen molar-refractivity contribution in [3.63, 3.8) is 0 Å². The van der Waals surface area contributed by atoms with Gasteiger partial charge in [0.05, 0.1) is 22.7 Å². The highest BCUT2D eigenvalue weighted by atomic mass is 28.3. The first-order valence-corrected chi connectivity index (χ1v) is 24.2. The molecule has 0 atom stereocenters. The Bertz CT molecular complexity index is 2950. The van der Waals surface area contributed by atoms with Gasteiger partial charge in [0.2, 0.25) is 0 Å². The number of anilines is 6. The molecule has 0 unspecified atom stereocenters. The molecule has 0 saturated carbocycles. The summed E-state index contributed by atoms with van der Waals surface area (Å²) in [5.41, 5.74) is 17.0. The summed E-state index contributed by atoms with van der Waals surface area (Å²) < 4.78 is 14.3. The normalized spacial score (nSPS) is 16.2.